The molecule has 0 bridgehead atoms. The van der Waals surface area contributed by atoms with Crippen LogP contribution in [0.1, 0.15) is 23.7 Å². The average molecular weight is 323 g/mol. The van der Waals surface area contributed by atoms with Crippen molar-refractivity contribution in [3.63, 3.8) is 0 Å². The molecule has 110 valence electrons. The lowest BCUT2D eigenvalue weighted by Crippen LogP contribution is -2.30. The van der Waals surface area contributed by atoms with Crippen LogP contribution in [0.4, 0.5) is 0 Å². The molecule has 2 rings (SSSR count). The molecule has 0 amide bonds. The first kappa shape index (κ1) is 15.7. The molecule has 1 atom stereocenters. The molecule has 0 spiro atoms. The zero-order valence-corrected chi connectivity index (χ0v) is 13.1. The van der Waals surface area contributed by atoms with Crippen molar-refractivity contribution in [2.75, 3.05) is 0 Å². The number of hydrogen-bond donors (Lipinski definition) is 0. The summed E-state index contributed by atoms with van der Waals surface area (Å²) in [5.41, 5.74) is 0.405. The minimum Gasteiger partial charge on any atom is -0.293 e. The van der Waals surface area contributed by atoms with Crippen LogP contribution in [0.2, 0.25) is 5.02 Å². The molecule has 0 N–H and O–H groups in total. The number of sulfone groups is 1. The van der Waals surface area contributed by atoms with Crippen LogP contribution in [0.5, 0.6) is 0 Å². The predicted octanol–water partition coefficient (Wildman–Crippen LogP) is 3.78. The first-order valence-corrected chi connectivity index (χ1v) is 8.48. The Kier molecular flexibility index (Phi) is 4.80. The highest BCUT2D eigenvalue weighted by molar-refractivity contribution is 7.92. The molecule has 5 heteroatoms. The smallest absolute Gasteiger partial charge is 0.188 e. The van der Waals surface area contributed by atoms with Crippen molar-refractivity contribution in [3.8, 4) is 0 Å². The third-order valence-corrected chi connectivity index (χ3v) is 5.72. The van der Waals surface area contributed by atoms with Gasteiger partial charge in [-0.3, -0.25) is 4.79 Å². The van der Waals surface area contributed by atoms with Gasteiger partial charge in [0.15, 0.2) is 15.6 Å². The Morgan fingerprint density at radius 3 is 2.14 bits per heavy atom. The molecule has 0 aliphatic carbocycles. The molecule has 2 aromatic rings. The van der Waals surface area contributed by atoms with Crippen LogP contribution >= 0.6 is 11.6 Å². The van der Waals surface area contributed by atoms with Gasteiger partial charge in [0.2, 0.25) is 0 Å². The van der Waals surface area contributed by atoms with E-state index in [0.29, 0.717) is 10.6 Å². The summed E-state index contributed by atoms with van der Waals surface area (Å²) in [6.07, 6.45) is 0.221. The van der Waals surface area contributed by atoms with Gasteiger partial charge in [0.25, 0.3) is 0 Å². The highest BCUT2D eigenvalue weighted by Crippen LogP contribution is 2.23. The van der Waals surface area contributed by atoms with Crippen molar-refractivity contribution in [1.82, 2.24) is 0 Å². The van der Waals surface area contributed by atoms with Crippen LogP contribution in [-0.4, -0.2) is 19.5 Å². The minimum absolute atomic E-state index is 0.114. The molecule has 0 heterocycles. The van der Waals surface area contributed by atoms with E-state index in [1.807, 2.05) is 0 Å². The highest BCUT2D eigenvalue weighted by atomic mass is 35.5. The van der Waals surface area contributed by atoms with Crippen LogP contribution in [0, 0.1) is 0 Å². The van der Waals surface area contributed by atoms with Crippen molar-refractivity contribution in [3.05, 3.63) is 65.2 Å². The van der Waals surface area contributed by atoms with E-state index in [2.05, 4.69) is 0 Å². The van der Waals surface area contributed by atoms with Crippen molar-refractivity contribution in [1.29, 1.82) is 0 Å². The van der Waals surface area contributed by atoms with Crippen LogP contribution < -0.4 is 0 Å². The first-order chi connectivity index (χ1) is 9.96. The van der Waals surface area contributed by atoms with Crippen molar-refractivity contribution in [2.24, 2.45) is 0 Å². The Labute approximate surface area is 129 Å². The fourth-order valence-electron chi connectivity index (χ4n) is 2.12. The number of halogens is 1. The molecule has 0 saturated carbocycles. The van der Waals surface area contributed by atoms with Crippen molar-refractivity contribution >= 4 is 27.2 Å². The highest BCUT2D eigenvalue weighted by Gasteiger charge is 2.32. The van der Waals surface area contributed by atoms with E-state index in [4.69, 9.17) is 11.6 Å². The van der Waals surface area contributed by atoms with Gasteiger partial charge in [-0.2, -0.15) is 0 Å². The van der Waals surface area contributed by atoms with Gasteiger partial charge in [0.05, 0.1) is 4.90 Å². The fraction of sp³-hybridized carbons (Fsp3) is 0.188. The first-order valence-electron chi connectivity index (χ1n) is 6.55. The van der Waals surface area contributed by atoms with E-state index >= 15 is 0 Å². The summed E-state index contributed by atoms with van der Waals surface area (Å²) in [5, 5.41) is -0.627. The lowest BCUT2D eigenvalue weighted by Gasteiger charge is -2.15. The Hall–Kier alpha value is -1.65. The third-order valence-electron chi connectivity index (χ3n) is 3.24. The molecule has 0 saturated heterocycles. The van der Waals surface area contributed by atoms with Crippen molar-refractivity contribution in [2.45, 2.75) is 23.5 Å². The van der Waals surface area contributed by atoms with Gasteiger partial charge in [-0.05, 0) is 30.7 Å². The van der Waals surface area contributed by atoms with Gasteiger partial charge in [-0.25, -0.2) is 8.42 Å². The lowest BCUT2D eigenvalue weighted by atomic mass is 10.1. The van der Waals surface area contributed by atoms with Crippen molar-refractivity contribution < 1.29 is 13.2 Å². The Morgan fingerprint density at radius 2 is 1.62 bits per heavy atom. The molecule has 0 aromatic heterocycles. The second-order valence-corrected chi connectivity index (χ2v) is 7.19. The summed E-state index contributed by atoms with van der Waals surface area (Å²) in [7, 11) is -3.72. The summed E-state index contributed by atoms with van der Waals surface area (Å²) in [4.78, 5) is 12.6. The van der Waals surface area contributed by atoms with Gasteiger partial charge in [0.1, 0.15) is 5.25 Å². The summed E-state index contributed by atoms with van der Waals surface area (Å²) >= 11 is 5.77. The van der Waals surface area contributed by atoms with E-state index < -0.39 is 15.1 Å². The fourth-order valence-corrected chi connectivity index (χ4v) is 3.95. The molecular formula is C16H15ClO3S. The molecule has 21 heavy (non-hydrogen) atoms. The monoisotopic (exact) mass is 322 g/mol. The van der Waals surface area contributed by atoms with Gasteiger partial charge < -0.3 is 0 Å². The van der Waals surface area contributed by atoms with Crippen LogP contribution in [0.25, 0.3) is 0 Å². The van der Waals surface area contributed by atoms with E-state index in [1.165, 1.54) is 24.3 Å². The van der Waals surface area contributed by atoms with E-state index in [-0.39, 0.29) is 17.1 Å². The largest absolute Gasteiger partial charge is 0.293 e. The Bertz CT molecular complexity index is 722. The summed E-state index contributed by atoms with van der Waals surface area (Å²) in [5.74, 6) is -0.381. The standard InChI is InChI=1S/C16H15ClO3S/c1-2-15(16(18)12-6-4-3-5-7-12)21(19,20)14-10-8-13(17)9-11-14/h3-11,15H,2H2,1H3. The van der Waals surface area contributed by atoms with E-state index in [0.717, 1.165) is 0 Å². The topological polar surface area (TPSA) is 51.2 Å². The molecular weight excluding hydrogens is 308 g/mol. The van der Waals surface area contributed by atoms with Gasteiger partial charge in [0, 0.05) is 10.6 Å². The second kappa shape index (κ2) is 6.41. The quantitative estimate of drug-likeness (QED) is 0.787. The molecule has 3 nitrogen and oxygen atoms in total. The molecule has 1 unspecified atom stereocenters. The maximum absolute atomic E-state index is 12.6. The molecule has 0 aliphatic rings. The Balaban J connectivity index is 2.41. The zero-order valence-electron chi connectivity index (χ0n) is 11.5. The number of carbonyl (C=O) groups is 1. The molecule has 0 aliphatic heterocycles. The maximum Gasteiger partial charge on any atom is 0.188 e. The average Bonchev–Trinajstić information content (AvgIpc) is 2.49. The van der Waals surface area contributed by atoms with Crippen LogP contribution in [-0.2, 0) is 9.84 Å². The minimum atomic E-state index is -3.72. The number of carbonyl (C=O) groups excluding carboxylic acids is 1. The molecule has 0 fully saturated rings. The lowest BCUT2D eigenvalue weighted by molar-refractivity contribution is 0.0985. The SMILES string of the molecule is CCC(C(=O)c1ccccc1)S(=O)(=O)c1ccc(Cl)cc1. The number of ketones is 1. The third kappa shape index (κ3) is 3.34. The Morgan fingerprint density at radius 1 is 1.05 bits per heavy atom. The van der Waals surface area contributed by atoms with Crippen LogP contribution in [0.3, 0.4) is 0 Å². The van der Waals surface area contributed by atoms with Crippen LogP contribution in [0.15, 0.2) is 59.5 Å². The summed E-state index contributed by atoms with van der Waals surface area (Å²) in [6.45, 7) is 1.69. The molecule has 0 radical (unpaired) electrons. The number of benzene rings is 2. The van der Waals surface area contributed by atoms with Gasteiger partial charge >= 0.3 is 0 Å². The normalized spacial score (nSPS) is 12.9. The van der Waals surface area contributed by atoms with E-state index in [1.54, 1.807) is 37.3 Å². The molecule has 2 aromatic carbocycles. The summed E-state index contributed by atoms with van der Waals surface area (Å²) < 4.78 is 25.3. The predicted molar refractivity (Wildman–Crippen MR) is 83.5 cm³/mol. The van der Waals surface area contributed by atoms with Gasteiger partial charge in [-0.15, -0.1) is 0 Å². The van der Waals surface area contributed by atoms with Gasteiger partial charge in [-0.1, -0.05) is 48.9 Å². The number of Topliss-reactive ketones (excluding diaryl/α,β-unsaturated/α-hetero) is 1. The number of hydrogen-bond acceptors (Lipinski definition) is 3. The summed E-state index contributed by atoms with van der Waals surface area (Å²) in [6, 6.07) is 14.3. The van der Waals surface area contributed by atoms with E-state index in [9.17, 15) is 13.2 Å². The second-order valence-electron chi connectivity index (χ2n) is 4.63. The number of rotatable bonds is 5. The zero-order chi connectivity index (χ0) is 15.5. The maximum atomic E-state index is 12.6.